The molecule has 17 heavy (non-hydrogen) atoms. The van der Waals surface area contributed by atoms with E-state index in [9.17, 15) is 9.50 Å². The van der Waals surface area contributed by atoms with Crippen LogP contribution in [-0.2, 0) is 4.74 Å². The molecular weight excluding hydrogens is 245 g/mol. The smallest absolute Gasteiger partial charge is 0.124 e. The van der Waals surface area contributed by atoms with Gasteiger partial charge in [0.1, 0.15) is 5.82 Å². The zero-order valence-corrected chi connectivity index (χ0v) is 10.5. The molecule has 1 aromatic carbocycles. The first-order valence-corrected chi connectivity index (χ1v) is 5.80. The Balaban J connectivity index is 2.85. The van der Waals surface area contributed by atoms with E-state index in [1.54, 1.807) is 13.2 Å². The summed E-state index contributed by atoms with van der Waals surface area (Å²) in [4.78, 5) is 0. The van der Waals surface area contributed by atoms with Crippen molar-refractivity contribution in [2.45, 2.75) is 18.4 Å². The van der Waals surface area contributed by atoms with Gasteiger partial charge >= 0.3 is 0 Å². The molecule has 1 aromatic rings. The van der Waals surface area contributed by atoms with Gasteiger partial charge in [0.15, 0.2) is 0 Å². The summed E-state index contributed by atoms with van der Waals surface area (Å²) in [5.41, 5.74) is 6.30. The molecule has 3 N–H and O–H groups in total. The molecule has 1 rings (SSSR count). The minimum Gasteiger partial charge on any atom is -0.392 e. The topological polar surface area (TPSA) is 55.5 Å². The highest BCUT2D eigenvalue weighted by atomic mass is 35.5. The van der Waals surface area contributed by atoms with Crippen molar-refractivity contribution in [2.24, 2.45) is 5.73 Å². The first kappa shape index (κ1) is 14.4. The Morgan fingerprint density at radius 2 is 2.24 bits per heavy atom. The molecule has 0 aliphatic heterocycles. The van der Waals surface area contributed by atoms with Crippen LogP contribution < -0.4 is 5.73 Å². The van der Waals surface area contributed by atoms with Gasteiger partial charge in [0.25, 0.3) is 0 Å². The molecule has 5 heteroatoms. The number of hydrogen-bond donors (Lipinski definition) is 2. The number of nitrogens with two attached hydrogens (primary N) is 1. The fourth-order valence-electron chi connectivity index (χ4n) is 1.73. The van der Waals surface area contributed by atoms with Crippen LogP contribution in [0.15, 0.2) is 18.2 Å². The zero-order valence-electron chi connectivity index (χ0n) is 9.70. The summed E-state index contributed by atoms with van der Waals surface area (Å²) in [6.45, 7) is 0.687. The maximum absolute atomic E-state index is 12.9. The Labute approximate surface area is 105 Å². The third-order valence-electron chi connectivity index (χ3n) is 2.70. The van der Waals surface area contributed by atoms with E-state index in [4.69, 9.17) is 22.1 Å². The molecule has 0 bridgehead atoms. The molecule has 0 saturated heterocycles. The minimum absolute atomic E-state index is 0.246. The SMILES string of the molecule is COCCC(O)C(CN)c1ccc(F)cc1Cl. The first-order chi connectivity index (χ1) is 8.10. The lowest BCUT2D eigenvalue weighted by Crippen LogP contribution is -2.27. The highest BCUT2D eigenvalue weighted by molar-refractivity contribution is 6.31. The molecule has 0 aliphatic rings. The molecular formula is C12H17ClFNO2. The molecule has 0 spiro atoms. The molecule has 0 aromatic heterocycles. The number of methoxy groups -OCH3 is 1. The first-order valence-electron chi connectivity index (χ1n) is 5.42. The van der Waals surface area contributed by atoms with Crippen molar-refractivity contribution in [3.63, 3.8) is 0 Å². The van der Waals surface area contributed by atoms with Crippen LogP contribution in [0.2, 0.25) is 5.02 Å². The maximum Gasteiger partial charge on any atom is 0.124 e. The lowest BCUT2D eigenvalue weighted by molar-refractivity contribution is 0.0920. The van der Waals surface area contributed by atoms with Crippen molar-refractivity contribution in [3.8, 4) is 0 Å². The lowest BCUT2D eigenvalue weighted by Gasteiger charge is -2.22. The van der Waals surface area contributed by atoms with Crippen molar-refractivity contribution in [2.75, 3.05) is 20.3 Å². The Morgan fingerprint density at radius 3 is 2.76 bits per heavy atom. The van der Waals surface area contributed by atoms with E-state index in [0.717, 1.165) is 0 Å². The highest BCUT2D eigenvalue weighted by Gasteiger charge is 2.22. The number of ether oxygens (including phenoxy) is 1. The highest BCUT2D eigenvalue weighted by Crippen LogP contribution is 2.28. The van der Waals surface area contributed by atoms with Gasteiger partial charge in [-0.05, 0) is 24.1 Å². The van der Waals surface area contributed by atoms with Gasteiger partial charge in [-0.2, -0.15) is 0 Å². The minimum atomic E-state index is -0.650. The van der Waals surface area contributed by atoms with E-state index in [2.05, 4.69) is 0 Å². The number of benzene rings is 1. The van der Waals surface area contributed by atoms with E-state index in [-0.39, 0.29) is 17.5 Å². The van der Waals surface area contributed by atoms with Crippen molar-refractivity contribution in [1.29, 1.82) is 0 Å². The van der Waals surface area contributed by atoms with Gasteiger partial charge in [0, 0.05) is 31.2 Å². The largest absolute Gasteiger partial charge is 0.392 e. The van der Waals surface area contributed by atoms with Gasteiger partial charge < -0.3 is 15.6 Å². The second-order valence-electron chi connectivity index (χ2n) is 3.86. The Morgan fingerprint density at radius 1 is 1.53 bits per heavy atom. The maximum atomic E-state index is 12.9. The summed E-state index contributed by atoms with van der Waals surface area (Å²) in [5, 5.41) is 10.3. The van der Waals surface area contributed by atoms with Crippen LogP contribution in [0.5, 0.6) is 0 Å². The molecule has 96 valence electrons. The molecule has 0 heterocycles. The third-order valence-corrected chi connectivity index (χ3v) is 3.03. The third kappa shape index (κ3) is 3.92. The van der Waals surface area contributed by atoms with Crippen molar-refractivity contribution in [1.82, 2.24) is 0 Å². The molecule has 0 aliphatic carbocycles. The standard InChI is InChI=1S/C12H17ClFNO2/c1-17-5-4-12(16)10(7-15)9-3-2-8(14)6-11(9)13/h2-3,6,10,12,16H,4-5,7,15H2,1H3. The van der Waals surface area contributed by atoms with Crippen molar-refractivity contribution < 1.29 is 14.2 Å². The number of hydrogen-bond acceptors (Lipinski definition) is 3. The lowest BCUT2D eigenvalue weighted by atomic mass is 9.91. The monoisotopic (exact) mass is 261 g/mol. The number of rotatable bonds is 6. The quantitative estimate of drug-likeness (QED) is 0.823. The second kappa shape index (κ2) is 6.91. The molecule has 0 fully saturated rings. The van der Waals surface area contributed by atoms with Crippen LogP contribution in [-0.4, -0.2) is 31.5 Å². The van der Waals surface area contributed by atoms with Crippen LogP contribution in [0.25, 0.3) is 0 Å². The summed E-state index contributed by atoms with van der Waals surface area (Å²) in [5.74, 6) is -0.709. The Kier molecular flexibility index (Phi) is 5.85. The molecule has 2 atom stereocenters. The average molecular weight is 262 g/mol. The van der Waals surface area contributed by atoms with Crippen LogP contribution in [0.1, 0.15) is 17.9 Å². The molecule has 0 amide bonds. The second-order valence-corrected chi connectivity index (χ2v) is 4.26. The average Bonchev–Trinajstić information content (AvgIpc) is 2.30. The van der Waals surface area contributed by atoms with Crippen LogP contribution in [0.3, 0.4) is 0 Å². The van der Waals surface area contributed by atoms with Crippen LogP contribution >= 0.6 is 11.6 Å². The van der Waals surface area contributed by atoms with E-state index < -0.39 is 11.9 Å². The fourth-order valence-corrected chi connectivity index (χ4v) is 2.04. The summed E-state index contributed by atoms with van der Waals surface area (Å²) in [7, 11) is 1.56. The van der Waals surface area contributed by atoms with Gasteiger partial charge in [-0.25, -0.2) is 4.39 Å². The normalized spacial score (nSPS) is 14.6. The number of halogens is 2. The molecule has 0 saturated carbocycles. The number of aliphatic hydroxyl groups is 1. The Bertz CT molecular complexity index is 362. The predicted octanol–water partition coefficient (Wildman–Crippen LogP) is 1.92. The van der Waals surface area contributed by atoms with Crippen molar-refractivity contribution >= 4 is 11.6 Å². The zero-order chi connectivity index (χ0) is 12.8. The van der Waals surface area contributed by atoms with Crippen LogP contribution in [0, 0.1) is 5.82 Å². The van der Waals surface area contributed by atoms with E-state index >= 15 is 0 Å². The molecule has 3 nitrogen and oxygen atoms in total. The summed E-state index contributed by atoms with van der Waals surface area (Å²) in [6.07, 6.45) is -0.186. The summed E-state index contributed by atoms with van der Waals surface area (Å²) < 4.78 is 17.8. The van der Waals surface area contributed by atoms with Gasteiger partial charge in [-0.15, -0.1) is 0 Å². The van der Waals surface area contributed by atoms with E-state index in [0.29, 0.717) is 18.6 Å². The predicted molar refractivity (Wildman–Crippen MR) is 65.7 cm³/mol. The van der Waals surface area contributed by atoms with Crippen LogP contribution in [0.4, 0.5) is 4.39 Å². The van der Waals surface area contributed by atoms with Gasteiger partial charge in [0.2, 0.25) is 0 Å². The molecule has 2 unspecified atom stereocenters. The number of aliphatic hydroxyl groups excluding tert-OH is 1. The van der Waals surface area contributed by atoms with Gasteiger partial charge in [-0.1, -0.05) is 17.7 Å². The fraction of sp³-hybridized carbons (Fsp3) is 0.500. The van der Waals surface area contributed by atoms with Gasteiger partial charge in [0.05, 0.1) is 6.10 Å². The molecule has 0 radical (unpaired) electrons. The summed E-state index contributed by atoms with van der Waals surface area (Å²) in [6, 6.07) is 4.10. The van der Waals surface area contributed by atoms with E-state index in [1.807, 2.05) is 0 Å². The Hall–Kier alpha value is -0.680. The van der Waals surface area contributed by atoms with Crippen molar-refractivity contribution in [3.05, 3.63) is 34.6 Å². The van der Waals surface area contributed by atoms with Gasteiger partial charge in [-0.3, -0.25) is 0 Å². The van der Waals surface area contributed by atoms with E-state index in [1.165, 1.54) is 12.1 Å². The summed E-state index contributed by atoms with van der Waals surface area (Å²) >= 11 is 5.94.